The quantitative estimate of drug-likeness (QED) is 0.164. The van der Waals surface area contributed by atoms with E-state index in [1.54, 1.807) is 11.3 Å². The highest BCUT2D eigenvalue weighted by Gasteiger charge is 2.16. The molecular formula is C24H29ClN4O2S2. The number of anilines is 2. The van der Waals surface area contributed by atoms with Crippen LogP contribution in [0.25, 0.3) is 21.0 Å². The third kappa shape index (κ3) is 7.64. The van der Waals surface area contributed by atoms with Crippen LogP contribution in [0.15, 0.2) is 53.6 Å². The Labute approximate surface area is 208 Å². The number of hydrogen-bond donors (Lipinski definition) is 3. The minimum atomic E-state index is -0.488. The van der Waals surface area contributed by atoms with Crippen LogP contribution in [0, 0.1) is 0 Å². The number of ether oxygens (including phenoxy) is 1. The molecule has 0 saturated heterocycles. The number of aromatic nitrogens is 1. The molecule has 0 radical (unpaired) electrons. The largest absolute Gasteiger partial charge is 0.449 e. The summed E-state index contributed by atoms with van der Waals surface area (Å²) in [5.41, 5.74) is 3.77. The molecule has 6 nitrogen and oxygen atoms in total. The zero-order valence-corrected chi connectivity index (χ0v) is 21.6. The van der Waals surface area contributed by atoms with E-state index in [0.29, 0.717) is 24.6 Å². The van der Waals surface area contributed by atoms with Crippen molar-refractivity contribution in [2.75, 3.05) is 30.2 Å². The highest BCUT2D eigenvalue weighted by Crippen LogP contribution is 2.38. The average molecular weight is 505 g/mol. The van der Waals surface area contributed by atoms with E-state index in [0.717, 1.165) is 31.6 Å². The maximum atomic E-state index is 12.1. The van der Waals surface area contributed by atoms with Gasteiger partial charge in [-0.15, -0.1) is 22.9 Å². The van der Waals surface area contributed by atoms with Crippen LogP contribution in [0.1, 0.15) is 27.2 Å². The highest BCUT2D eigenvalue weighted by molar-refractivity contribution is 7.97. The van der Waals surface area contributed by atoms with Gasteiger partial charge in [-0.25, -0.2) is 9.78 Å². The van der Waals surface area contributed by atoms with Gasteiger partial charge in [-0.2, -0.15) is 0 Å². The van der Waals surface area contributed by atoms with Gasteiger partial charge in [0.05, 0.1) is 11.5 Å². The van der Waals surface area contributed by atoms with E-state index in [9.17, 15) is 4.79 Å². The summed E-state index contributed by atoms with van der Waals surface area (Å²) in [6, 6.07) is 14.0. The molecule has 176 valence electrons. The van der Waals surface area contributed by atoms with E-state index < -0.39 is 6.09 Å². The molecule has 1 heterocycles. The third-order valence-electron chi connectivity index (χ3n) is 4.40. The second kappa shape index (κ2) is 11.7. The van der Waals surface area contributed by atoms with Gasteiger partial charge in [-0.05, 0) is 75.5 Å². The highest BCUT2D eigenvalue weighted by atomic mass is 35.5. The Morgan fingerprint density at radius 1 is 1.15 bits per heavy atom. The van der Waals surface area contributed by atoms with Gasteiger partial charge in [-0.1, -0.05) is 6.07 Å². The van der Waals surface area contributed by atoms with Gasteiger partial charge in [0.15, 0.2) is 0 Å². The van der Waals surface area contributed by atoms with Crippen LogP contribution in [0.3, 0.4) is 0 Å². The Hall–Kier alpha value is -2.26. The van der Waals surface area contributed by atoms with Crippen LogP contribution in [-0.4, -0.2) is 36.2 Å². The number of rotatable bonds is 9. The molecule has 0 aliphatic heterocycles. The predicted octanol–water partition coefficient (Wildman–Crippen LogP) is 7.09. The van der Waals surface area contributed by atoms with Gasteiger partial charge < -0.3 is 10.1 Å². The molecule has 1 aromatic heterocycles. The molecule has 0 aliphatic rings. The number of nitrogens with zero attached hydrogens (tertiary/aromatic N) is 1. The number of halogens is 1. The van der Waals surface area contributed by atoms with Gasteiger partial charge in [0.2, 0.25) is 0 Å². The molecule has 0 saturated carbocycles. The number of carbonyl (C=O) groups excluding carboxylic acids is 1. The summed E-state index contributed by atoms with van der Waals surface area (Å²) < 4.78 is 8.61. The lowest BCUT2D eigenvalue weighted by Crippen LogP contribution is -2.29. The Balaban J connectivity index is 1.85. The molecule has 0 aliphatic carbocycles. The van der Waals surface area contributed by atoms with Crippen molar-refractivity contribution in [3.05, 3.63) is 48.7 Å². The molecule has 9 heteroatoms. The van der Waals surface area contributed by atoms with Crippen LogP contribution in [0.2, 0.25) is 0 Å². The summed E-state index contributed by atoms with van der Waals surface area (Å²) in [6.45, 7) is 6.61. The Morgan fingerprint density at radius 2 is 1.88 bits per heavy atom. The summed E-state index contributed by atoms with van der Waals surface area (Å²) in [5.74, 6) is 0.456. The van der Waals surface area contributed by atoms with Gasteiger partial charge in [-0.3, -0.25) is 10.0 Å². The first kappa shape index (κ1) is 25.4. The fraction of sp³-hybridized carbons (Fsp3) is 0.333. The first-order valence-corrected chi connectivity index (χ1v) is 12.8. The van der Waals surface area contributed by atoms with Crippen molar-refractivity contribution >= 4 is 52.4 Å². The molecule has 3 rings (SSSR count). The van der Waals surface area contributed by atoms with Crippen LogP contribution in [0.4, 0.5) is 16.2 Å². The van der Waals surface area contributed by atoms with E-state index in [1.165, 1.54) is 11.9 Å². The zero-order chi connectivity index (χ0) is 23.8. The minimum Gasteiger partial charge on any atom is -0.449 e. The molecule has 0 unspecified atom stereocenters. The molecule has 2 aromatic carbocycles. The Bertz CT molecular complexity index is 1070. The first-order chi connectivity index (χ1) is 15.8. The lowest BCUT2D eigenvalue weighted by Gasteiger charge is -2.21. The van der Waals surface area contributed by atoms with Gasteiger partial charge in [0, 0.05) is 52.1 Å². The van der Waals surface area contributed by atoms with Gasteiger partial charge in [0.1, 0.15) is 5.01 Å². The Kier molecular flexibility index (Phi) is 9.02. The molecule has 0 fully saturated rings. The van der Waals surface area contributed by atoms with E-state index >= 15 is 0 Å². The monoisotopic (exact) mass is 504 g/mol. The third-order valence-corrected chi connectivity index (χ3v) is 7.02. The van der Waals surface area contributed by atoms with Crippen LogP contribution in [0.5, 0.6) is 0 Å². The van der Waals surface area contributed by atoms with Crippen molar-refractivity contribution in [1.82, 2.24) is 9.71 Å². The van der Waals surface area contributed by atoms with Crippen molar-refractivity contribution in [3.63, 3.8) is 0 Å². The topological polar surface area (TPSA) is 75.3 Å². The summed E-state index contributed by atoms with van der Waals surface area (Å²) in [5, 5.41) is 6.88. The van der Waals surface area contributed by atoms with E-state index in [4.69, 9.17) is 16.3 Å². The number of amides is 1. The molecule has 1 amide bonds. The number of benzene rings is 2. The smallest absolute Gasteiger partial charge is 0.411 e. The van der Waals surface area contributed by atoms with Crippen molar-refractivity contribution in [2.24, 2.45) is 0 Å². The molecule has 0 spiro atoms. The second-order valence-electron chi connectivity index (χ2n) is 8.33. The molecule has 0 atom stereocenters. The summed E-state index contributed by atoms with van der Waals surface area (Å²) >= 11 is 8.81. The van der Waals surface area contributed by atoms with Crippen molar-refractivity contribution in [1.29, 1.82) is 0 Å². The summed E-state index contributed by atoms with van der Waals surface area (Å²) in [7, 11) is 1.90. The van der Waals surface area contributed by atoms with Crippen molar-refractivity contribution < 1.29 is 9.53 Å². The van der Waals surface area contributed by atoms with Gasteiger partial charge in [0.25, 0.3) is 0 Å². The first-order valence-electron chi connectivity index (χ1n) is 10.6. The van der Waals surface area contributed by atoms with E-state index in [-0.39, 0.29) is 5.54 Å². The summed E-state index contributed by atoms with van der Waals surface area (Å²) in [4.78, 5) is 18.8. The van der Waals surface area contributed by atoms with Crippen molar-refractivity contribution in [3.8, 4) is 21.0 Å². The predicted molar refractivity (Wildman–Crippen MR) is 142 cm³/mol. The SMILES string of the molecule is CNc1ccc(-c2ncc(-c3ccc(NC(=O)OCCCCl)cc3SNC(C)(C)C)s2)cc1. The average Bonchev–Trinajstić information content (AvgIpc) is 3.27. The van der Waals surface area contributed by atoms with E-state index in [2.05, 4.69) is 53.2 Å². The maximum Gasteiger partial charge on any atom is 0.411 e. The maximum absolute atomic E-state index is 12.1. The molecular weight excluding hydrogens is 476 g/mol. The molecule has 3 N–H and O–H groups in total. The fourth-order valence-corrected chi connectivity index (χ4v) is 4.81. The number of hydrogen-bond acceptors (Lipinski definition) is 7. The number of alkyl halides is 1. The second-order valence-corrected chi connectivity index (χ2v) is 10.6. The molecule has 3 aromatic rings. The van der Waals surface area contributed by atoms with Gasteiger partial charge >= 0.3 is 6.09 Å². The molecule has 33 heavy (non-hydrogen) atoms. The molecule has 0 bridgehead atoms. The Morgan fingerprint density at radius 3 is 2.55 bits per heavy atom. The minimum absolute atomic E-state index is 0.0836. The lowest BCUT2D eigenvalue weighted by molar-refractivity contribution is 0.162. The van der Waals surface area contributed by atoms with Crippen LogP contribution >= 0.6 is 34.9 Å². The number of nitrogens with one attached hydrogen (secondary N) is 3. The fourth-order valence-electron chi connectivity index (χ4n) is 2.78. The zero-order valence-electron chi connectivity index (χ0n) is 19.2. The van der Waals surface area contributed by atoms with Crippen LogP contribution < -0.4 is 15.4 Å². The lowest BCUT2D eigenvalue weighted by atomic mass is 10.1. The van der Waals surface area contributed by atoms with Crippen molar-refractivity contribution in [2.45, 2.75) is 37.6 Å². The number of thiazole rings is 1. The summed E-state index contributed by atoms with van der Waals surface area (Å²) in [6.07, 6.45) is 2.03. The van der Waals surface area contributed by atoms with E-state index in [1.807, 2.05) is 43.6 Å². The normalized spacial score (nSPS) is 11.3. The van der Waals surface area contributed by atoms with Crippen LogP contribution in [-0.2, 0) is 4.74 Å². The standard InChI is InChI=1S/C24H29ClN4O2S2/c1-24(2,3)29-33-20-14-18(28-23(30)31-13-5-12-25)10-11-19(20)21-15-27-22(32-21)16-6-8-17(26-4)9-7-16/h6-11,14-15,26,29H,5,12-13H2,1-4H3,(H,28,30). The number of carbonyl (C=O) groups is 1.